The van der Waals surface area contributed by atoms with Gasteiger partial charge in [0, 0.05) is 11.8 Å². The fraction of sp³-hybridized carbons (Fsp3) is 0.0952. The summed E-state index contributed by atoms with van der Waals surface area (Å²) in [6.07, 6.45) is 0.916. The maximum atomic E-state index is 14.3. The number of carbonyl (C=O) groups is 2. The zero-order valence-electron chi connectivity index (χ0n) is 16.2. The summed E-state index contributed by atoms with van der Waals surface area (Å²) in [6.45, 7) is 1.31. The molecule has 3 rings (SSSR count). The summed E-state index contributed by atoms with van der Waals surface area (Å²) in [5, 5.41) is 4.77. The van der Waals surface area contributed by atoms with Crippen molar-refractivity contribution in [2.24, 2.45) is 0 Å². The first-order chi connectivity index (χ1) is 15.1. The van der Waals surface area contributed by atoms with Crippen LogP contribution in [0.1, 0.15) is 33.2 Å². The zero-order valence-corrected chi connectivity index (χ0v) is 17.0. The molecule has 2 aromatic carbocycles. The Morgan fingerprint density at radius 2 is 1.59 bits per heavy atom. The van der Waals surface area contributed by atoms with E-state index in [0.717, 1.165) is 18.2 Å². The molecule has 2 N–H and O–H groups in total. The van der Waals surface area contributed by atoms with Gasteiger partial charge in [-0.1, -0.05) is 18.5 Å². The molecule has 0 fully saturated rings. The van der Waals surface area contributed by atoms with Crippen LogP contribution >= 0.6 is 11.6 Å². The summed E-state index contributed by atoms with van der Waals surface area (Å²) in [6, 6.07) is 5.48. The van der Waals surface area contributed by atoms with Gasteiger partial charge in [0.15, 0.2) is 23.3 Å². The molecule has 0 aliphatic rings. The summed E-state index contributed by atoms with van der Waals surface area (Å²) in [5.74, 6) is -10.8. The summed E-state index contributed by atoms with van der Waals surface area (Å²) in [4.78, 5) is 29.1. The van der Waals surface area contributed by atoms with E-state index in [1.54, 1.807) is 0 Å². The van der Waals surface area contributed by atoms with Gasteiger partial charge in [0.2, 0.25) is 0 Å². The molecule has 3 aromatic rings. The van der Waals surface area contributed by atoms with E-state index in [9.17, 15) is 31.5 Å². The third-order valence-electron chi connectivity index (χ3n) is 4.39. The molecule has 0 aliphatic carbocycles. The third kappa shape index (κ3) is 4.54. The molecule has 0 atom stereocenters. The number of nitrogens with one attached hydrogen (secondary N) is 2. The average molecular weight is 470 g/mol. The molecule has 166 valence electrons. The Labute approximate surface area is 183 Å². The Morgan fingerprint density at radius 1 is 0.906 bits per heavy atom. The molecular formula is C21H13ClF5N3O2. The number of halogens is 6. The Hall–Kier alpha value is -3.53. The predicted octanol–water partition coefficient (Wildman–Crippen LogP) is 5.50. The van der Waals surface area contributed by atoms with Crippen LogP contribution in [-0.2, 0) is 6.42 Å². The van der Waals surface area contributed by atoms with Gasteiger partial charge in [-0.25, -0.2) is 26.9 Å². The van der Waals surface area contributed by atoms with Gasteiger partial charge in [0.1, 0.15) is 11.6 Å². The Kier molecular flexibility index (Phi) is 6.73. The highest BCUT2D eigenvalue weighted by atomic mass is 35.5. The first kappa shape index (κ1) is 23.1. The highest BCUT2D eigenvalue weighted by molar-refractivity contribution is 6.30. The van der Waals surface area contributed by atoms with Crippen LogP contribution in [0.2, 0.25) is 5.02 Å². The van der Waals surface area contributed by atoms with Crippen molar-refractivity contribution in [1.29, 1.82) is 0 Å². The maximum absolute atomic E-state index is 14.3. The maximum Gasteiger partial charge on any atom is 0.259 e. The second kappa shape index (κ2) is 9.31. The lowest BCUT2D eigenvalue weighted by molar-refractivity contribution is 0.102. The molecule has 32 heavy (non-hydrogen) atoms. The van der Waals surface area contributed by atoms with Crippen LogP contribution in [0.15, 0.2) is 36.5 Å². The second-order valence-corrected chi connectivity index (χ2v) is 6.86. The van der Waals surface area contributed by atoms with E-state index >= 15 is 0 Å². The van der Waals surface area contributed by atoms with Crippen molar-refractivity contribution < 1.29 is 31.5 Å². The number of carbonyl (C=O) groups excluding carboxylic acids is 2. The number of benzene rings is 2. The summed E-state index contributed by atoms with van der Waals surface area (Å²) >= 11 is 5.72. The summed E-state index contributed by atoms with van der Waals surface area (Å²) < 4.78 is 69.3. The number of aromatic nitrogens is 1. The zero-order chi connectivity index (χ0) is 23.6. The lowest BCUT2D eigenvalue weighted by Crippen LogP contribution is -2.22. The fourth-order valence-electron chi connectivity index (χ4n) is 2.88. The van der Waals surface area contributed by atoms with Crippen molar-refractivity contribution in [1.82, 2.24) is 4.98 Å². The minimum atomic E-state index is -2.16. The van der Waals surface area contributed by atoms with E-state index in [1.165, 1.54) is 25.3 Å². The Bertz CT molecular complexity index is 1220. The van der Waals surface area contributed by atoms with E-state index in [4.69, 9.17) is 11.6 Å². The number of hydrogen-bond donors (Lipinski definition) is 2. The van der Waals surface area contributed by atoms with Gasteiger partial charge in [-0.2, -0.15) is 0 Å². The number of amides is 2. The van der Waals surface area contributed by atoms with E-state index in [-0.39, 0.29) is 17.9 Å². The van der Waals surface area contributed by atoms with Crippen LogP contribution in [0.4, 0.5) is 33.5 Å². The molecule has 0 saturated heterocycles. The normalized spacial score (nSPS) is 10.7. The minimum absolute atomic E-state index is 0.0583. The molecule has 1 aromatic heterocycles. The topological polar surface area (TPSA) is 71.1 Å². The summed E-state index contributed by atoms with van der Waals surface area (Å²) in [5.41, 5.74) is -2.46. The van der Waals surface area contributed by atoms with Gasteiger partial charge < -0.3 is 10.6 Å². The van der Waals surface area contributed by atoms with E-state index in [0.29, 0.717) is 5.02 Å². The van der Waals surface area contributed by atoms with Crippen LogP contribution < -0.4 is 10.6 Å². The molecule has 0 bridgehead atoms. The molecule has 2 amide bonds. The van der Waals surface area contributed by atoms with Gasteiger partial charge in [-0.3, -0.25) is 9.59 Å². The average Bonchev–Trinajstić information content (AvgIpc) is 2.77. The SMILES string of the molecule is CCc1c(F)c(F)c(F)c(F)c1C(=O)Nc1ccc(F)cc1C(=O)Nc1ccc(Cl)cn1. The highest BCUT2D eigenvalue weighted by Gasteiger charge is 2.29. The molecule has 5 nitrogen and oxygen atoms in total. The van der Waals surface area contributed by atoms with Crippen molar-refractivity contribution >= 4 is 34.9 Å². The van der Waals surface area contributed by atoms with Crippen LogP contribution in [0.25, 0.3) is 0 Å². The number of anilines is 2. The first-order valence-corrected chi connectivity index (χ1v) is 9.40. The largest absolute Gasteiger partial charge is 0.321 e. The molecule has 0 unspecified atom stereocenters. The van der Waals surface area contributed by atoms with Gasteiger partial charge >= 0.3 is 0 Å². The van der Waals surface area contributed by atoms with Crippen molar-refractivity contribution in [2.45, 2.75) is 13.3 Å². The van der Waals surface area contributed by atoms with E-state index in [1.807, 2.05) is 0 Å². The standard InChI is InChI=1S/C21H13ClF5N3O2/c1-2-11-15(17(25)19(27)18(26)16(11)24)21(32)29-13-5-4-10(23)7-12(13)20(31)30-14-6-3-9(22)8-28-14/h3-8H,2H2,1H3,(H,29,32)(H,28,30,31). The van der Waals surface area contributed by atoms with Gasteiger partial charge in [-0.15, -0.1) is 0 Å². The molecule has 11 heteroatoms. The smallest absolute Gasteiger partial charge is 0.259 e. The molecule has 0 aliphatic heterocycles. The molecule has 0 saturated carbocycles. The van der Waals surface area contributed by atoms with E-state index < -0.39 is 57.6 Å². The number of rotatable bonds is 5. The predicted molar refractivity (Wildman–Crippen MR) is 107 cm³/mol. The molecule has 0 spiro atoms. The lowest BCUT2D eigenvalue weighted by Gasteiger charge is -2.15. The fourth-order valence-corrected chi connectivity index (χ4v) is 2.99. The number of pyridine rings is 1. The quantitative estimate of drug-likeness (QED) is 0.294. The van der Waals surface area contributed by atoms with Gasteiger partial charge in [-0.05, 0) is 36.8 Å². The second-order valence-electron chi connectivity index (χ2n) is 6.42. The molecule has 0 radical (unpaired) electrons. The van der Waals surface area contributed by atoms with Crippen LogP contribution in [0, 0.1) is 29.1 Å². The minimum Gasteiger partial charge on any atom is -0.321 e. The van der Waals surface area contributed by atoms with Crippen LogP contribution in [0.5, 0.6) is 0 Å². The molecular weight excluding hydrogens is 457 g/mol. The third-order valence-corrected chi connectivity index (χ3v) is 4.61. The van der Waals surface area contributed by atoms with E-state index in [2.05, 4.69) is 15.6 Å². The van der Waals surface area contributed by atoms with Gasteiger partial charge in [0.25, 0.3) is 11.8 Å². The molecule has 1 heterocycles. The first-order valence-electron chi connectivity index (χ1n) is 9.02. The lowest BCUT2D eigenvalue weighted by atomic mass is 10.0. The van der Waals surface area contributed by atoms with Crippen molar-refractivity contribution in [3.8, 4) is 0 Å². The van der Waals surface area contributed by atoms with Crippen molar-refractivity contribution in [2.75, 3.05) is 10.6 Å². The monoisotopic (exact) mass is 469 g/mol. The summed E-state index contributed by atoms with van der Waals surface area (Å²) in [7, 11) is 0. The Balaban J connectivity index is 1.98. The Morgan fingerprint density at radius 3 is 2.22 bits per heavy atom. The van der Waals surface area contributed by atoms with Crippen molar-refractivity contribution in [3.63, 3.8) is 0 Å². The van der Waals surface area contributed by atoms with Gasteiger partial charge in [0.05, 0.1) is 21.8 Å². The highest BCUT2D eigenvalue weighted by Crippen LogP contribution is 2.27. The van der Waals surface area contributed by atoms with Crippen LogP contribution in [-0.4, -0.2) is 16.8 Å². The number of hydrogen-bond acceptors (Lipinski definition) is 3. The number of nitrogens with zero attached hydrogens (tertiary/aromatic N) is 1. The van der Waals surface area contributed by atoms with Crippen LogP contribution in [0.3, 0.4) is 0 Å². The van der Waals surface area contributed by atoms with Crippen molar-refractivity contribution in [3.05, 3.63) is 87.3 Å².